The van der Waals surface area contributed by atoms with Crippen LogP contribution in [0.4, 0.5) is 0 Å². The second-order valence-electron chi connectivity index (χ2n) is 6.09. The van der Waals surface area contributed by atoms with E-state index in [4.69, 9.17) is 0 Å². The Morgan fingerprint density at radius 1 is 1.04 bits per heavy atom. The van der Waals surface area contributed by atoms with Gasteiger partial charge in [-0.05, 0) is 12.8 Å². The summed E-state index contributed by atoms with van der Waals surface area (Å²) in [6.07, 6.45) is 1.24. The van der Waals surface area contributed by atoms with Gasteiger partial charge in [0.25, 0.3) is 0 Å². The number of carbonyl (C=O) groups excluding carboxylic acids is 3. The fourth-order valence-electron chi connectivity index (χ4n) is 2.63. The number of hydrogen-bond acceptors (Lipinski definition) is 5. The number of amides is 2. The van der Waals surface area contributed by atoms with E-state index in [1.54, 1.807) is 24.3 Å². The summed E-state index contributed by atoms with van der Waals surface area (Å²) in [6, 6.07) is 8.49. The van der Waals surface area contributed by atoms with Crippen LogP contribution in [0.1, 0.15) is 36.0 Å². The Hall–Kier alpha value is -2.22. The van der Waals surface area contributed by atoms with Crippen LogP contribution in [-0.4, -0.2) is 50.1 Å². The van der Waals surface area contributed by atoms with E-state index in [1.165, 1.54) is 0 Å². The number of ketones is 1. The molecule has 2 rings (SSSR count). The van der Waals surface area contributed by atoms with E-state index in [9.17, 15) is 22.8 Å². The molecule has 1 unspecified atom stereocenters. The van der Waals surface area contributed by atoms with Crippen LogP contribution < -0.4 is 10.6 Å². The van der Waals surface area contributed by atoms with Crippen molar-refractivity contribution < 1.29 is 22.8 Å². The lowest BCUT2D eigenvalue weighted by atomic mass is 10.1. The third-order valence-corrected chi connectivity index (χ3v) is 5.72. The van der Waals surface area contributed by atoms with Gasteiger partial charge < -0.3 is 10.6 Å². The molecule has 0 spiro atoms. The molecule has 25 heavy (non-hydrogen) atoms. The van der Waals surface area contributed by atoms with Crippen molar-refractivity contribution in [1.29, 1.82) is 0 Å². The number of benzene rings is 1. The van der Waals surface area contributed by atoms with Crippen molar-refractivity contribution in [2.75, 3.05) is 18.1 Å². The summed E-state index contributed by atoms with van der Waals surface area (Å²) in [6.45, 7) is -0.192. The first-order valence-corrected chi connectivity index (χ1v) is 10.0. The normalized spacial score (nSPS) is 18.5. The summed E-state index contributed by atoms with van der Waals surface area (Å²) in [4.78, 5) is 35.3. The maximum absolute atomic E-state index is 11.9. The van der Waals surface area contributed by atoms with Gasteiger partial charge in [-0.15, -0.1) is 0 Å². The van der Waals surface area contributed by atoms with E-state index in [-0.39, 0.29) is 48.6 Å². The highest BCUT2D eigenvalue weighted by Gasteiger charge is 2.28. The van der Waals surface area contributed by atoms with Gasteiger partial charge in [0, 0.05) is 24.4 Å². The predicted octanol–water partition coefficient (Wildman–Crippen LogP) is 0.459. The highest BCUT2D eigenvalue weighted by molar-refractivity contribution is 7.91. The van der Waals surface area contributed by atoms with Gasteiger partial charge in [-0.3, -0.25) is 14.4 Å². The Bertz CT molecular complexity index is 731. The SMILES string of the molecule is O=C(CCCC(=O)c1ccccc1)NCC(=O)NC1CCS(=O)(=O)C1. The molecule has 0 bridgehead atoms. The van der Waals surface area contributed by atoms with Crippen LogP contribution in [0.2, 0.25) is 0 Å². The Balaban J connectivity index is 1.61. The molecule has 1 aromatic rings. The summed E-state index contributed by atoms with van der Waals surface area (Å²) in [5.41, 5.74) is 0.619. The first-order valence-electron chi connectivity index (χ1n) is 8.20. The number of hydrogen-bond donors (Lipinski definition) is 2. The molecule has 8 heteroatoms. The van der Waals surface area contributed by atoms with Gasteiger partial charge in [0.15, 0.2) is 15.6 Å². The lowest BCUT2D eigenvalue weighted by Gasteiger charge is -2.11. The Labute approximate surface area is 147 Å². The number of nitrogens with one attached hydrogen (secondary N) is 2. The molecule has 1 aliphatic heterocycles. The summed E-state index contributed by atoms with van der Waals surface area (Å²) in [5.74, 6) is -0.701. The summed E-state index contributed by atoms with van der Waals surface area (Å²) >= 11 is 0. The fourth-order valence-corrected chi connectivity index (χ4v) is 4.31. The highest BCUT2D eigenvalue weighted by Crippen LogP contribution is 2.11. The molecule has 2 amide bonds. The second kappa shape index (κ2) is 8.75. The minimum Gasteiger partial charge on any atom is -0.351 e. The Kier molecular flexibility index (Phi) is 6.69. The molecule has 1 atom stereocenters. The van der Waals surface area contributed by atoms with E-state index < -0.39 is 15.7 Å². The molecular weight excluding hydrogens is 344 g/mol. The number of carbonyl (C=O) groups is 3. The van der Waals surface area contributed by atoms with Gasteiger partial charge in [-0.1, -0.05) is 30.3 Å². The van der Waals surface area contributed by atoms with Crippen LogP contribution in [0, 0.1) is 0 Å². The molecule has 0 aliphatic carbocycles. The second-order valence-corrected chi connectivity index (χ2v) is 8.32. The van der Waals surface area contributed by atoms with Crippen molar-refractivity contribution in [2.45, 2.75) is 31.7 Å². The largest absolute Gasteiger partial charge is 0.351 e. The van der Waals surface area contributed by atoms with Crippen LogP contribution in [0.3, 0.4) is 0 Å². The lowest BCUT2D eigenvalue weighted by molar-refractivity contribution is -0.126. The molecular formula is C17H22N2O5S. The average molecular weight is 366 g/mol. The van der Waals surface area contributed by atoms with Crippen molar-refractivity contribution in [3.05, 3.63) is 35.9 Å². The summed E-state index contributed by atoms with van der Waals surface area (Å²) < 4.78 is 22.6. The molecule has 0 radical (unpaired) electrons. The predicted molar refractivity (Wildman–Crippen MR) is 92.8 cm³/mol. The van der Waals surface area contributed by atoms with Crippen molar-refractivity contribution in [1.82, 2.24) is 10.6 Å². The lowest BCUT2D eigenvalue weighted by Crippen LogP contribution is -2.42. The first-order chi connectivity index (χ1) is 11.9. The van der Waals surface area contributed by atoms with Crippen LogP contribution in [-0.2, 0) is 19.4 Å². The van der Waals surface area contributed by atoms with Gasteiger partial charge >= 0.3 is 0 Å². The van der Waals surface area contributed by atoms with E-state index in [1.807, 2.05) is 6.07 Å². The number of rotatable bonds is 8. The van der Waals surface area contributed by atoms with Crippen LogP contribution in [0.15, 0.2) is 30.3 Å². The maximum Gasteiger partial charge on any atom is 0.239 e. The molecule has 136 valence electrons. The van der Waals surface area contributed by atoms with Crippen LogP contribution in [0.25, 0.3) is 0 Å². The van der Waals surface area contributed by atoms with Crippen molar-refractivity contribution >= 4 is 27.4 Å². The van der Waals surface area contributed by atoms with Crippen LogP contribution >= 0.6 is 0 Å². The van der Waals surface area contributed by atoms with E-state index in [0.29, 0.717) is 18.4 Å². The zero-order valence-corrected chi connectivity index (χ0v) is 14.7. The standard InChI is InChI=1S/C17H22N2O5S/c20-15(13-5-2-1-3-6-13)7-4-8-16(21)18-11-17(22)19-14-9-10-25(23,24)12-14/h1-3,5-6,14H,4,7-12H2,(H,18,21)(H,19,22). The van der Waals surface area contributed by atoms with Gasteiger partial charge in [0.1, 0.15) is 0 Å². The van der Waals surface area contributed by atoms with Crippen molar-refractivity contribution in [2.24, 2.45) is 0 Å². The number of Topliss-reactive ketones (excluding diaryl/α,β-unsaturated/α-hetero) is 1. The van der Waals surface area contributed by atoms with Crippen LogP contribution in [0.5, 0.6) is 0 Å². The summed E-state index contributed by atoms with van der Waals surface area (Å²) in [5, 5.41) is 5.08. The minimum atomic E-state index is -3.05. The molecule has 1 saturated heterocycles. The van der Waals surface area contributed by atoms with E-state index in [2.05, 4.69) is 10.6 Å². The minimum absolute atomic E-state index is 0.0198. The third kappa shape index (κ3) is 6.66. The zero-order valence-electron chi connectivity index (χ0n) is 13.9. The molecule has 2 N–H and O–H groups in total. The zero-order chi connectivity index (χ0) is 18.3. The van der Waals surface area contributed by atoms with Crippen molar-refractivity contribution in [3.8, 4) is 0 Å². The molecule has 1 fully saturated rings. The first kappa shape index (κ1) is 19.1. The Morgan fingerprint density at radius 2 is 1.76 bits per heavy atom. The Morgan fingerprint density at radius 3 is 2.40 bits per heavy atom. The van der Waals surface area contributed by atoms with E-state index in [0.717, 1.165) is 0 Å². The van der Waals surface area contributed by atoms with Gasteiger partial charge in [0.05, 0.1) is 18.1 Å². The third-order valence-electron chi connectivity index (χ3n) is 3.95. The molecule has 0 aromatic heterocycles. The van der Waals surface area contributed by atoms with E-state index >= 15 is 0 Å². The number of sulfone groups is 1. The summed E-state index contributed by atoms with van der Waals surface area (Å²) in [7, 11) is -3.05. The van der Waals surface area contributed by atoms with Crippen molar-refractivity contribution in [3.63, 3.8) is 0 Å². The molecule has 7 nitrogen and oxygen atoms in total. The monoisotopic (exact) mass is 366 g/mol. The molecule has 1 aromatic carbocycles. The smallest absolute Gasteiger partial charge is 0.239 e. The quantitative estimate of drug-likeness (QED) is 0.650. The fraction of sp³-hybridized carbons (Fsp3) is 0.471. The van der Waals surface area contributed by atoms with Gasteiger partial charge in [-0.25, -0.2) is 8.42 Å². The topological polar surface area (TPSA) is 109 Å². The van der Waals surface area contributed by atoms with Gasteiger partial charge in [0.2, 0.25) is 11.8 Å². The maximum atomic E-state index is 11.9. The molecule has 1 aliphatic rings. The van der Waals surface area contributed by atoms with Gasteiger partial charge in [-0.2, -0.15) is 0 Å². The highest BCUT2D eigenvalue weighted by atomic mass is 32.2. The molecule has 1 heterocycles. The average Bonchev–Trinajstić information content (AvgIpc) is 2.92. The molecule has 0 saturated carbocycles.